The maximum atomic E-state index is 14.6. The Morgan fingerprint density at radius 2 is 1.82 bits per heavy atom. The summed E-state index contributed by atoms with van der Waals surface area (Å²) in [6.45, 7) is 1.99. The van der Waals surface area contributed by atoms with Crippen molar-refractivity contribution in [2.75, 3.05) is 10.7 Å². The van der Waals surface area contributed by atoms with Crippen molar-refractivity contribution in [1.29, 1.82) is 0 Å². The molecular formula is C25H19F2N3O2S. The van der Waals surface area contributed by atoms with Crippen molar-refractivity contribution in [3.8, 4) is 5.69 Å². The number of hydrogen-bond acceptors (Lipinski definition) is 4. The van der Waals surface area contributed by atoms with Gasteiger partial charge in [-0.05, 0) is 49.2 Å². The van der Waals surface area contributed by atoms with Gasteiger partial charge in [-0.15, -0.1) is 0 Å². The lowest BCUT2D eigenvalue weighted by atomic mass is 10.1. The van der Waals surface area contributed by atoms with Gasteiger partial charge < -0.3 is 4.90 Å². The molecule has 5 nitrogen and oxygen atoms in total. The SMILES string of the molecule is C[C@H]1Cc2ccccc2N1C(=O)CSc1nc2ccccc2c(=O)n1-c1ccc(F)cc1F. The summed E-state index contributed by atoms with van der Waals surface area (Å²) in [5.74, 6) is -1.76. The fourth-order valence-corrected chi connectivity index (χ4v) is 5.09. The summed E-state index contributed by atoms with van der Waals surface area (Å²) < 4.78 is 29.3. The summed E-state index contributed by atoms with van der Waals surface area (Å²) in [7, 11) is 0. The van der Waals surface area contributed by atoms with Gasteiger partial charge in [0.1, 0.15) is 11.6 Å². The minimum Gasteiger partial charge on any atom is -0.308 e. The van der Waals surface area contributed by atoms with Gasteiger partial charge in [0.2, 0.25) is 5.91 Å². The third-order valence-corrected chi connectivity index (χ3v) is 6.62. The van der Waals surface area contributed by atoms with Gasteiger partial charge in [-0.1, -0.05) is 42.1 Å². The molecule has 3 aromatic carbocycles. The van der Waals surface area contributed by atoms with Crippen LogP contribution < -0.4 is 10.5 Å². The molecule has 0 aliphatic carbocycles. The van der Waals surface area contributed by atoms with E-state index in [1.54, 1.807) is 29.2 Å². The highest BCUT2D eigenvalue weighted by Crippen LogP contribution is 2.33. The number of carbonyl (C=O) groups is 1. The predicted octanol–water partition coefficient (Wildman–Crippen LogP) is 4.73. The van der Waals surface area contributed by atoms with Crippen molar-refractivity contribution in [3.63, 3.8) is 0 Å². The Labute approximate surface area is 192 Å². The molecule has 0 fully saturated rings. The molecule has 1 aliphatic rings. The van der Waals surface area contributed by atoms with Crippen LogP contribution in [0.2, 0.25) is 0 Å². The maximum Gasteiger partial charge on any atom is 0.266 e. The van der Waals surface area contributed by atoms with E-state index >= 15 is 0 Å². The van der Waals surface area contributed by atoms with Crippen molar-refractivity contribution in [2.24, 2.45) is 0 Å². The third-order valence-electron chi connectivity index (χ3n) is 5.70. The number of nitrogens with zero attached hydrogens (tertiary/aromatic N) is 3. The van der Waals surface area contributed by atoms with Crippen LogP contribution in [0.3, 0.4) is 0 Å². The Hall–Kier alpha value is -3.52. The Kier molecular flexibility index (Phi) is 5.46. The van der Waals surface area contributed by atoms with Gasteiger partial charge in [-0.3, -0.25) is 14.2 Å². The molecule has 166 valence electrons. The molecule has 1 aromatic heterocycles. The molecule has 33 heavy (non-hydrogen) atoms. The van der Waals surface area contributed by atoms with Gasteiger partial charge in [0.25, 0.3) is 5.56 Å². The molecule has 4 aromatic rings. The molecule has 1 aliphatic heterocycles. The number of rotatable bonds is 4. The van der Waals surface area contributed by atoms with Gasteiger partial charge in [0, 0.05) is 17.8 Å². The molecule has 0 radical (unpaired) electrons. The number of thioether (sulfide) groups is 1. The maximum absolute atomic E-state index is 14.6. The lowest BCUT2D eigenvalue weighted by molar-refractivity contribution is -0.116. The van der Waals surface area contributed by atoms with Crippen LogP contribution in [-0.4, -0.2) is 27.3 Å². The van der Waals surface area contributed by atoms with Crippen LogP contribution in [0.1, 0.15) is 12.5 Å². The number of halogens is 2. The number of aromatic nitrogens is 2. The van der Waals surface area contributed by atoms with Crippen LogP contribution in [0.15, 0.2) is 76.7 Å². The molecule has 0 N–H and O–H groups in total. The summed E-state index contributed by atoms with van der Waals surface area (Å²) >= 11 is 1.06. The van der Waals surface area contributed by atoms with Gasteiger partial charge in [-0.25, -0.2) is 13.8 Å². The molecule has 0 saturated carbocycles. The minimum absolute atomic E-state index is 0.00622. The molecular weight excluding hydrogens is 444 g/mol. The van der Waals surface area contributed by atoms with E-state index in [-0.39, 0.29) is 28.5 Å². The van der Waals surface area contributed by atoms with Crippen LogP contribution in [-0.2, 0) is 11.2 Å². The van der Waals surface area contributed by atoms with E-state index in [1.165, 1.54) is 6.07 Å². The monoisotopic (exact) mass is 463 g/mol. The van der Waals surface area contributed by atoms with Crippen molar-refractivity contribution in [1.82, 2.24) is 9.55 Å². The van der Waals surface area contributed by atoms with Gasteiger partial charge >= 0.3 is 0 Å². The summed E-state index contributed by atoms with van der Waals surface area (Å²) in [5, 5.41) is 0.469. The van der Waals surface area contributed by atoms with E-state index in [2.05, 4.69) is 4.98 Å². The highest BCUT2D eigenvalue weighted by atomic mass is 32.2. The highest BCUT2D eigenvalue weighted by Gasteiger charge is 2.30. The highest BCUT2D eigenvalue weighted by molar-refractivity contribution is 7.99. The van der Waals surface area contributed by atoms with Crippen molar-refractivity contribution in [3.05, 3.63) is 94.3 Å². The number of para-hydroxylation sites is 2. The van der Waals surface area contributed by atoms with Crippen LogP contribution >= 0.6 is 11.8 Å². The van der Waals surface area contributed by atoms with E-state index in [4.69, 9.17) is 0 Å². The van der Waals surface area contributed by atoms with E-state index < -0.39 is 17.2 Å². The summed E-state index contributed by atoms with van der Waals surface area (Å²) in [6, 6.07) is 17.5. The van der Waals surface area contributed by atoms with Crippen molar-refractivity contribution >= 4 is 34.3 Å². The zero-order chi connectivity index (χ0) is 23.1. The van der Waals surface area contributed by atoms with E-state index in [0.717, 1.165) is 46.1 Å². The molecule has 1 atom stereocenters. The van der Waals surface area contributed by atoms with Crippen LogP contribution in [0.4, 0.5) is 14.5 Å². The smallest absolute Gasteiger partial charge is 0.266 e. The van der Waals surface area contributed by atoms with Gasteiger partial charge in [0.15, 0.2) is 5.16 Å². The molecule has 8 heteroatoms. The summed E-state index contributed by atoms with van der Waals surface area (Å²) in [5.41, 5.74) is 1.83. The summed E-state index contributed by atoms with van der Waals surface area (Å²) in [4.78, 5) is 32.7. The first-order chi connectivity index (χ1) is 15.9. The summed E-state index contributed by atoms with van der Waals surface area (Å²) in [6.07, 6.45) is 0.770. The largest absolute Gasteiger partial charge is 0.308 e. The van der Waals surface area contributed by atoms with Crippen molar-refractivity contribution in [2.45, 2.75) is 24.5 Å². The second-order valence-electron chi connectivity index (χ2n) is 7.88. The lowest BCUT2D eigenvalue weighted by Crippen LogP contribution is -2.37. The number of fused-ring (bicyclic) bond motifs is 2. The first-order valence-corrected chi connectivity index (χ1v) is 11.4. The fourth-order valence-electron chi connectivity index (χ4n) is 4.23. The average Bonchev–Trinajstić information content (AvgIpc) is 3.14. The second kappa shape index (κ2) is 8.44. The Bertz CT molecular complexity index is 1450. The molecule has 0 spiro atoms. The van der Waals surface area contributed by atoms with E-state index in [0.29, 0.717) is 10.9 Å². The Morgan fingerprint density at radius 1 is 1.06 bits per heavy atom. The first-order valence-electron chi connectivity index (χ1n) is 10.4. The molecule has 0 bridgehead atoms. The number of amides is 1. The van der Waals surface area contributed by atoms with Gasteiger partial charge in [0.05, 0.1) is 22.3 Å². The molecule has 2 heterocycles. The first kappa shape index (κ1) is 21.3. The van der Waals surface area contributed by atoms with Crippen LogP contribution in [0, 0.1) is 11.6 Å². The van der Waals surface area contributed by atoms with Crippen LogP contribution in [0.25, 0.3) is 16.6 Å². The number of carbonyl (C=O) groups excluding carboxylic acids is 1. The molecule has 0 saturated heterocycles. The molecule has 0 unspecified atom stereocenters. The quantitative estimate of drug-likeness (QED) is 0.324. The Balaban J connectivity index is 1.54. The number of hydrogen-bond donors (Lipinski definition) is 0. The normalized spacial score (nSPS) is 15.1. The number of anilines is 1. The zero-order valence-electron chi connectivity index (χ0n) is 17.7. The standard InChI is InChI=1S/C25H19F2N3O2S/c1-15-12-16-6-2-5-9-21(16)29(15)23(31)14-33-25-28-20-8-4-3-7-18(20)24(32)30(25)22-11-10-17(26)13-19(22)27/h2-11,13,15H,12,14H2,1H3/t15-/m0/s1. The average molecular weight is 464 g/mol. The molecule has 5 rings (SSSR count). The molecule has 1 amide bonds. The zero-order valence-corrected chi connectivity index (χ0v) is 18.5. The fraction of sp³-hybridized carbons (Fsp3) is 0.160. The number of benzene rings is 3. The minimum atomic E-state index is -0.885. The Morgan fingerprint density at radius 3 is 2.64 bits per heavy atom. The predicted molar refractivity (Wildman–Crippen MR) is 125 cm³/mol. The van der Waals surface area contributed by atoms with E-state index in [9.17, 15) is 18.4 Å². The van der Waals surface area contributed by atoms with Gasteiger partial charge in [-0.2, -0.15) is 0 Å². The van der Waals surface area contributed by atoms with E-state index in [1.807, 2.05) is 31.2 Å². The topological polar surface area (TPSA) is 55.2 Å². The van der Waals surface area contributed by atoms with Crippen LogP contribution in [0.5, 0.6) is 0 Å². The lowest BCUT2D eigenvalue weighted by Gasteiger charge is -2.23. The second-order valence-corrected chi connectivity index (χ2v) is 8.82. The van der Waals surface area contributed by atoms with Crippen molar-refractivity contribution < 1.29 is 13.6 Å². The third kappa shape index (κ3) is 3.80.